The maximum absolute atomic E-state index is 11.8. The normalized spacial score (nSPS) is 12.0. The summed E-state index contributed by atoms with van der Waals surface area (Å²) in [4.78, 5) is 0.343. The zero-order chi connectivity index (χ0) is 11.5. The molecule has 0 bridgehead atoms. The Hall–Kier alpha value is -0.870. The van der Waals surface area contributed by atoms with Crippen LogP contribution < -0.4 is 4.72 Å². The van der Waals surface area contributed by atoms with Crippen molar-refractivity contribution < 1.29 is 8.42 Å². The van der Waals surface area contributed by atoms with Gasteiger partial charge in [-0.1, -0.05) is 19.1 Å². The van der Waals surface area contributed by atoms with Crippen LogP contribution in [0.2, 0.25) is 0 Å². The summed E-state index contributed by atoms with van der Waals surface area (Å²) < 4.78 is 26.2. The Kier molecular flexibility index (Phi) is 3.88. The van der Waals surface area contributed by atoms with Crippen molar-refractivity contribution in [3.63, 3.8) is 0 Å². The highest BCUT2D eigenvalue weighted by atomic mass is 32.2. The van der Waals surface area contributed by atoms with Gasteiger partial charge < -0.3 is 0 Å². The SMILES string of the molecule is CCc1cccc(S(=O)(=O)NC(C)C)c1. The van der Waals surface area contributed by atoms with Crippen LogP contribution in [0.4, 0.5) is 0 Å². The molecule has 0 amide bonds. The molecule has 1 N–H and O–H groups in total. The van der Waals surface area contributed by atoms with Gasteiger partial charge in [-0.3, -0.25) is 0 Å². The third-order valence-corrected chi connectivity index (χ3v) is 3.66. The minimum Gasteiger partial charge on any atom is -0.209 e. The van der Waals surface area contributed by atoms with Crippen molar-refractivity contribution in [1.29, 1.82) is 0 Å². The zero-order valence-electron chi connectivity index (χ0n) is 9.32. The molecule has 0 unspecified atom stereocenters. The van der Waals surface area contributed by atoms with Crippen molar-refractivity contribution in [1.82, 2.24) is 4.72 Å². The maximum Gasteiger partial charge on any atom is 0.240 e. The number of nitrogens with one attached hydrogen (secondary N) is 1. The molecule has 0 aliphatic rings. The molecule has 0 aliphatic carbocycles. The van der Waals surface area contributed by atoms with Crippen LogP contribution in [0, 0.1) is 0 Å². The minimum absolute atomic E-state index is 0.0831. The van der Waals surface area contributed by atoms with Gasteiger partial charge in [-0.15, -0.1) is 0 Å². The Labute approximate surface area is 91.6 Å². The zero-order valence-corrected chi connectivity index (χ0v) is 10.1. The Balaban J connectivity index is 3.04. The van der Waals surface area contributed by atoms with E-state index in [2.05, 4.69) is 4.72 Å². The van der Waals surface area contributed by atoms with Crippen molar-refractivity contribution in [2.24, 2.45) is 0 Å². The van der Waals surface area contributed by atoms with Crippen LogP contribution >= 0.6 is 0 Å². The van der Waals surface area contributed by atoms with Crippen LogP contribution in [-0.2, 0) is 16.4 Å². The molecule has 1 aromatic carbocycles. The third kappa shape index (κ3) is 3.32. The van der Waals surface area contributed by atoms with E-state index in [1.165, 1.54) is 0 Å². The number of aryl methyl sites for hydroxylation is 1. The van der Waals surface area contributed by atoms with E-state index < -0.39 is 10.0 Å². The molecule has 4 heteroatoms. The number of rotatable bonds is 4. The molecule has 84 valence electrons. The molecule has 0 atom stereocenters. The first kappa shape index (κ1) is 12.2. The number of hydrogen-bond donors (Lipinski definition) is 1. The van der Waals surface area contributed by atoms with Gasteiger partial charge in [0.25, 0.3) is 0 Å². The Morgan fingerprint density at radius 1 is 1.33 bits per heavy atom. The molecule has 1 aromatic rings. The lowest BCUT2D eigenvalue weighted by atomic mass is 10.2. The van der Waals surface area contributed by atoms with E-state index in [1.54, 1.807) is 32.0 Å². The van der Waals surface area contributed by atoms with Crippen LogP contribution in [0.5, 0.6) is 0 Å². The molecule has 0 heterocycles. The molecule has 0 radical (unpaired) electrons. The van der Waals surface area contributed by atoms with Gasteiger partial charge in [0, 0.05) is 6.04 Å². The Morgan fingerprint density at radius 3 is 2.53 bits per heavy atom. The van der Waals surface area contributed by atoms with E-state index in [0.717, 1.165) is 12.0 Å². The molecular formula is C11H17NO2S. The largest absolute Gasteiger partial charge is 0.240 e. The summed E-state index contributed by atoms with van der Waals surface area (Å²) in [6.07, 6.45) is 0.838. The molecule has 0 spiro atoms. The average Bonchev–Trinajstić information content (AvgIpc) is 2.16. The molecule has 0 aliphatic heterocycles. The van der Waals surface area contributed by atoms with Crippen molar-refractivity contribution >= 4 is 10.0 Å². The molecular weight excluding hydrogens is 210 g/mol. The van der Waals surface area contributed by atoms with Gasteiger partial charge in [-0.25, -0.2) is 13.1 Å². The summed E-state index contributed by atoms with van der Waals surface area (Å²) in [5, 5.41) is 0. The van der Waals surface area contributed by atoms with Gasteiger partial charge in [-0.05, 0) is 38.0 Å². The number of hydrogen-bond acceptors (Lipinski definition) is 2. The van der Waals surface area contributed by atoms with Gasteiger partial charge in [0.2, 0.25) is 10.0 Å². The van der Waals surface area contributed by atoms with Gasteiger partial charge in [0.1, 0.15) is 0 Å². The fourth-order valence-corrected chi connectivity index (χ4v) is 2.63. The van der Waals surface area contributed by atoms with Gasteiger partial charge in [-0.2, -0.15) is 0 Å². The van der Waals surface area contributed by atoms with Crippen LogP contribution in [0.3, 0.4) is 0 Å². The van der Waals surface area contributed by atoms with E-state index in [4.69, 9.17) is 0 Å². The van der Waals surface area contributed by atoms with Crippen molar-refractivity contribution in [2.75, 3.05) is 0 Å². The minimum atomic E-state index is -3.34. The van der Waals surface area contributed by atoms with Gasteiger partial charge >= 0.3 is 0 Å². The summed E-state index contributed by atoms with van der Waals surface area (Å²) in [5.74, 6) is 0. The van der Waals surface area contributed by atoms with E-state index in [1.807, 2.05) is 13.0 Å². The molecule has 0 saturated heterocycles. The van der Waals surface area contributed by atoms with Crippen LogP contribution in [-0.4, -0.2) is 14.5 Å². The third-order valence-electron chi connectivity index (χ3n) is 2.01. The molecule has 0 aromatic heterocycles. The summed E-state index contributed by atoms with van der Waals surface area (Å²) in [6.45, 7) is 5.62. The Morgan fingerprint density at radius 2 is 2.00 bits per heavy atom. The molecule has 15 heavy (non-hydrogen) atoms. The molecule has 1 rings (SSSR count). The first-order valence-electron chi connectivity index (χ1n) is 5.07. The van der Waals surface area contributed by atoms with Crippen LogP contribution in [0.1, 0.15) is 26.3 Å². The lowest BCUT2D eigenvalue weighted by molar-refractivity contribution is 0.569. The van der Waals surface area contributed by atoms with Crippen molar-refractivity contribution in [2.45, 2.75) is 38.1 Å². The lowest BCUT2D eigenvalue weighted by Crippen LogP contribution is -2.30. The van der Waals surface area contributed by atoms with Crippen LogP contribution in [0.25, 0.3) is 0 Å². The standard InChI is InChI=1S/C11H17NO2S/c1-4-10-6-5-7-11(8-10)15(13,14)12-9(2)3/h5-9,12H,4H2,1-3H3. The highest BCUT2D eigenvalue weighted by Crippen LogP contribution is 2.12. The monoisotopic (exact) mass is 227 g/mol. The van der Waals surface area contributed by atoms with Gasteiger partial charge in [0.05, 0.1) is 4.90 Å². The van der Waals surface area contributed by atoms with E-state index >= 15 is 0 Å². The summed E-state index contributed by atoms with van der Waals surface area (Å²) in [5.41, 5.74) is 1.03. The van der Waals surface area contributed by atoms with E-state index in [9.17, 15) is 8.42 Å². The quantitative estimate of drug-likeness (QED) is 0.854. The maximum atomic E-state index is 11.8. The average molecular weight is 227 g/mol. The van der Waals surface area contributed by atoms with Crippen molar-refractivity contribution in [3.8, 4) is 0 Å². The smallest absolute Gasteiger partial charge is 0.209 e. The first-order valence-corrected chi connectivity index (χ1v) is 6.55. The fourth-order valence-electron chi connectivity index (χ4n) is 1.31. The second-order valence-corrected chi connectivity index (χ2v) is 5.49. The van der Waals surface area contributed by atoms with Crippen molar-refractivity contribution in [3.05, 3.63) is 29.8 Å². The number of sulfonamides is 1. The van der Waals surface area contributed by atoms with E-state index in [0.29, 0.717) is 4.90 Å². The second-order valence-electron chi connectivity index (χ2n) is 3.78. The summed E-state index contributed by atoms with van der Waals surface area (Å²) in [7, 11) is -3.34. The highest BCUT2D eigenvalue weighted by molar-refractivity contribution is 7.89. The Bertz CT molecular complexity index is 424. The summed E-state index contributed by atoms with van der Waals surface area (Å²) >= 11 is 0. The first-order chi connectivity index (χ1) is 6.95. The predicted molar refractivity (Wildman–Crippen MR) is 61.3 cm³/mol. The number of benzene rings is 1. The lowest BCUT2D eigenvalue weighted by Gasteiger charge is -2.10. The molecule has 3 nitrogen and oxygen atoms in total. The second kappa shape index (κ2) is 4.77. The van der Waals surface area contributed by atoms with E-state index in [-0.39, 0.29) is 6.04 Å². The molecule has 0 fully saturated rings. The highest BCUT2D eigenvalue weighted by Gasteiger charge is 2.14. The molecule has 0 saturated carbocycles. The topological polar surface area (TPSA) is 46.2 Å². The van der Waals surface area contributed by atoms with Crippen LogP contribution in [0.15, 0.2) is 29.2 Å². The fraction of sp³-hybridized carbons (Fsp3) is 0.455. The summed E-state index contributed by atoms with van der Waals surface area (Å²) in [6, 6.07) is 6.94. The predicted octanol–water partition coefficient (Wildman–Crippen LogP) is 1.94. The van der Waals surface area contributed by atoms with Gasteiger partial charge in [0.15, 0.2) is 0 Å².